The van der Waals surface area contributed by atoms with Crippen molar-refractivity contribution < 1.29 is 69.0 Å². The van der Waals surface area contributed by atoms with Gasteiger partial charge in [0.2, 0.25) is 11.5 Å². The Morgan fingerprint density at radius 3 is 1.19 bits per heavy atom. The number of allylic oxidation sites excluding steroid dienone is 1. The molecule has 0 saturated carbocycles. The monoisotopic (exact) mass is 826 g/mol. The minimum Gasteiger partial charge on any atom is -1.00 e. The van der Waals surface area contributed by atoms with Crippen LogP contribution in [0.5, 0.6) is 34.5 Å². The van der Waals surface area contributed by atoms with Gasteiger partial charge in [-0.1, -0.05) is 0 Å². The van der Waals surface area contributed by atoms with Crippen LogP contribution in [0, 0.1) is 0 Å². The van der Waals surface area contributed by atoms with Gasteiger partial charge >= 0.3 is 0 Å². The van der Waals surface area contributed by atoms with E-state index in [1.54, 1.807) is 54.0 Å². The van der Waals surface area contributed by atoms with Crippen LogP contribution in [0.3, 0.4) is 0 Å². The molecule has 53 heavy (non-hydrogen) atoms. The van der Waals surface area contributed by atoms with Crippen LogP contribution in [-0.2, 0) is 4.79 Å². The van der Waals surface area contributed by atoms with Crippen molar-refractivity contribution in [3.8, 4) is 34.5 Å². The number of phenolic OH excluding ortho intramolecular Hbond substituents is 2. The Bertz CT molecular complexity index is 1270. The molecule has 0 spiro atoms. The number of hydrogen-bond acceptors (Lipinski definition) is 9. The predicted molar refractivity (Wildman–Crippen MR) is 219 cm³/mol. The second-order valence-electron chi connectivity index (χ2n) is 13.1. The molecule has 0 saturated heterocycles. The Labute approximate surface area is 334 Å². The first-order valence-corrected chi connectivity index (χ1v) is 23.0. The molecular weight excluding hydrogens is 757 g/mol. The molecule has 2 rings (SSSR count). The summed E-state index contributed by atoms with van der Waals surface area (Å²) >= 11 is 0. The lowest BCUT2D eigenvalue weighted by atomic mass is 10.0. The number of halogens is 2. The number of phenols is 2. The van der Waals surface area contributed by atoms with Gasteiger partial charge in [-0.25, -0.2) is 0 Å². The SMILES string of the molecule is CC(C)O.CC(C)O.CC[P+](CC)(CC)[C@@H](C[C@@H](c1cc(OC)c(O)c(OC)c1)[P+](CC)(CC)CC)/C(C=O)=C\c1cc(OC)c(O)c(OC)c1.[Cl-].[Cl-]. The number of aliphatic hydroxyl groups is 2. The summed E-state index contributed by atoms with van der Waals surface area (Å²) in [5.41, 5.74) is 2.83. The van der Waals surface area contributed by atoms with E-state index in [9.17, 15) is 15.0 Å². The van der Waals surface area contributed by atoms with Crippen molar-refractivity contribution in [2.24, 2.45) is 0 Å². The van der Waals surface area contributed by atoms with Crippen LogP contribution in [0.15, 0.2) is 29.8 Å². The second kappa shape index (κ2) is 27.6. The van der Waals surface area contributed by atoms with Crippen LogP contribution in [0.2, 0.25) is 0 Å². The standard InChI is InChI=1S/C34H52O7P2.2C3H8O.2ClH/c1-11-42(12-2,13-3)31(25-20-29(40-9)34(37)30(21-25)41-10)22-32(43(14-4,15-5)16-6)26(23-35)17-24-18-27(38-7)33(36)28(19-24)39-8;2*1-3(2)4;;/h17-21,23,31-32H,11-16,22H2,1-10H3;2*3-4H,1-2H3;2*1H/t31-,32-;;;;/m0..../s1. The first-order valence-electron chi connectivity index (χ1n) is 18.2. The third-order valence-electron chi connectivity index (χ3n) is 9.79. The molecular formula is C40H70Cl2O9P2. The summed E-state index contributed by atoms with van der Waals surface area (Å²) in [7, 11) is 2.94. The molecule has 2 aromatic carbocycles. The van der Waals surface area contributed by atoms with E-state index < -0.39 is 14.5 Å². The van der Waals surface area contributed by atoms with Crippen LogP contribution < -0.4 is 43.8 Å². The number of hydrogen-bond donors (Lipinski definition) is 4. The molecule has 0 bridgehead atoms. The number of carbonyl (C=O) groups is 1. The normalized spacial score (nSPS) is 12.5. The quantitative estimate of drug-likeness (QED) is 0.102. The lowest BCUT2D eigenvalue weighted by Crippen LogP contribution is -3.00. The van der Waals surface area contributed by atoms with Crippen molar-refractivity contribution in [2.75, 3.05) is 65.4 Å². The van der Waals surface area contributed by atoms with Crippen molar-refractivity contribution in [1.29, 1.82) is 0 Å². The average molecular weight is 828 g/mol. The summed E-state index contributed by atoms with van der Waals surface area (Å²) in [5, 5.41) is 37.4. The summed E-state index contributed by atoms with van der Waals surface area (Å²) in [6.45, 7) is 20.6. The molecule has 4 N–H and O–H groups in total. The average Bonchev–Trinajstić information content (AvgIpc) is 3.11. The van der Waals surface area contributed by atoms with E-state index in [4.69, 9.17) is 29.2 Å². The Balaban J connectivity index is -0.00000226. The molecule has 0 aromatic heterocycles. The number of rotatable bonds is 18. The third-order valence-corrected chi connectivity index (χ3v) is 21.0. The fraction of sp³-hybridized carbons (Fsp3) is 0.625. The molecule has 9 nitrogen and oxygen atoms in total. The molecule has 308 valence electrons. The van der Waals surface area contributed by atoms with Crippen molar-refractivity contribution in [1.82, 2.24) is 0 Å². The van der Waals surface area contributed by atoms with Gasteiger partial charge in [0, 0.05) is 38.7 Å². The van der Waals surface area contributed by atoms with E-state index in [-0.39, 0.29) is 59.8 Å². The molecule has 0 amide bonds. The smallest absolute Gasteiger partial charge is 0.200 e. The van der Waals surface area contributed by atoms with Crippen LogP contribution in [0.4, 0.5) is 0 Å². The van der Waals surface area contributed by atoms with Gasteiger partial charge < -0.3 is 64.2 Å². The van der Waals surface area contributed by atoms with E-state index in [1.807, 2.05) is 18.2 Å². The number of benzene rings is 2. The van der Waals surface area contributed by atoms with E-state index >= 15 is 0 Å². The van der Waals surface area contributed by atoms with E-state index in [2.05, 4.69) is 41.5 Å². The number of ether oxygens (including phenoxy) is 4. The molecule has 0 heterocycles. The molecule has 0 radical (unpaired) electrons. The maximum atomic E-state index is 13.1. The Kier molecular flexibility index (Phi) is 28.8. The van der Waals surface area contributed by atoms with Gasteiger partial charge in [0.15, 0.2) is 23.0 Å². The fourth-order valence-electron chi connectivity index (χ4n) is 6.73. The summed E-state index contributed by atoms with van der Waals surface area (Å²) in [5.74, 6) is 1.32. The van der Waals surface area contributed by atoms with Crippen molar-refractivity contribution in [3.05, 3.63) is 41.0 Å². The predicted octanol–water partition coefficient (Wildman–Crippen LogP) is 3.15. The molecule has 0 fully saturated rings. The maximum Gasteiger partial charge on any atom is 0.200 e. The minimum atomic E-state index is -1.63. The van der Waals surface area contributed by atoms with Gasteiger partial charge in [0.1, 0.15) is 11.9 Å². The van der Waals surface area contributed by atoms with Crippen molar-refractivity contribution in [3.63, 3.8) is 0 Å². The van der Waals surface area contributed by atoms with E-state index in [0.29, 0.717) is 23.0 Å². The lowest BCUT2D eigenvalue weighted by molar-refractivity contribution is -0.105. The van der Waals surface area contributed by atoms with Crippen LogP contribution >= 0.6 is 14.5 Å². The van der Waals surface area contributed by atoms with Gasteiger partial charge in [0.25, 0.3) is 0 Å². The summed E-state index contributed by atoms with van der Waals surface area (Å²) in [6.07, 6.45) is 9.79. The molecule has 0 aliphatic heterocycles. The van der Waals surface area contributed by atoms with Crippen molar-refractivity contribution in [2.45, 2.75) is 99.2 Å². The highest BCUT2D eigenvalue weighted by atomic mass is 35.5. The van der Waals surface area contributed by atoms with Gasteiger partial charge in [0.05, 0.1) is 71.1 Å². The Morgan fingerprint density at radius 1 is 0.623 bits per heavy atom. The summed E-state index contributed by atoms with van der Waals surface area (Å²) < 4.78 is 22.0. The van der Waals surface area contributed by atoms with Crippen LogP contribution in [0.1, 0.15) is 92.4 Å². The zero-order valence-electron chi connectivity index (χ0n) is 34.7. The minimum absolute atomic E-state index is 0. The molecule has 13 heteroatoms. The van der Waals surface area contributed by atoms with Gasteiger partial charge in [-0.15, -0.1) is 0 Å². The number of methoxy groups -OCH3 is 4. The highest BCUT2D eigenvalue weighted by molar-refractivity contribution is 7.77. The molecule has 0 aliphatic carbocycles. The van der Waals surface area contributed by atoms with Gasteiger partial charge in [-0.05, 0) is 111 Å². The van der Waals surface area contributed by atoms with Crippen LogP contribution in [0.25, 0.3) is 6.08 Å². The van der Waals surface area contributed by atoms with Gasteiger partial charge in [-0.2, -0.15) is 0 Å². The zero-order chi connectivity index (χ0) is 39.5. The third kappa shape index (κ3) is 15.6. The highest BCUT2D eigenvalue weighted by Crippen LogP contribution is 2.74. The fourth-order valence-corrected chi connectivity index (χ4v) is 15.1. The number of carbonyl (C=O) groups excluding carboxylic acids is 1. The lowest BCUT2D eigenvalue weighted by Gasteiger charge is -2.39. The highest BCUT2D eigenvalue weighted by Gasteiger charge is 2.50. The first-order chi connectivity index (χ1) is 24.0. The zero-order valence-corrected chi connectivity index (χ0v) is 38.0. The summed E-state index contributed by atoms with van der Waals surface area (Å²) in [4.78, 5) is 13.1. The maximum absolute atomic E-state index is 13.1. The Morgan fingerprint density at radius 2 is 0.925 bits per heavy atom. The van der Waals surface area contributed by atoms with Crippen LogP contribution in [-0.4, -0.2) is 110 Å². The number of aldehydes is 1. The molecule has 0 unspecified atom stereocenters. The Hall–Kier alpha value is -1.99. The largest absolute Gasteiger partial charge is 1.00 e. The number of aliphatic hydroxyl groups excluding tert-OH is 2. The van der Waals surface area contributed by atoms with Gasteiger partial charge in [-0.3, -0.25) is 4.79 Å². The van der Waals surface area contributed by atoms with E-state index in [0.717, 1.165) is 66.4 Å². The molecule has 2 atom stereocenters. The summed E-state index contributed by atoms with van der Waals surface area (Å²) in [6, 6.07) is 7.44. The van der Waals surface area contributed by atoms with Crippen molar-refractivity contribution >= 4 is 26.9 Å². The van der Waals surface area contributed by atoms with E-state index in [1.165, 1.54) is 14.2 Å². The molecule has 2 aromatic rings. The topological polar surface area (TPSA) is 135 Å². The first kappa shape index (κ1) is 55.3. The second-order valence-corrected chi connectivity index (χ2v) is 23.0. The molecule has 0 aliphatic rings. The number of aromatic hydroxyl groups is 2.